The van der Waals surface area contributed by atoms with Gasteiger partial charge in [0, 0.05) is 0 Å². The number of hydrogen-bond donors (Lipinski definition) is 1. The Morgan fingerprint density at radius 1 is 1.06 bits per heavy atom. The maximum absolute atomic E-state index is 13.0. The van der Waals surface area contributed by atoms with Crippen LogP contribution in [0.4, 0.5) is 4.39 Å². The van der Waals surface area contributed by atoms with Gasteiger partial charge in [-0.05, 0) is 50.1 Å². The largest absolute Gasteiger partial charge is 0.494 e. The molecular formula is C15H24FNO. The standard InChI is InChI=1S/C15H24FNO/c1-13-12-14(8-9-15(13)16)18-11-7-5-3-2-4-6-10-17/h8-9,12H,2-7,10-11,17H2,1H3. The fourth-order valence-electron chi connectivity index (χ4n) is 1.85. The van der Waals surface area contributed by atoms with Crippen LogP contribution in [0.2, 0.25) is 0 Å². The van der Waals surface area contributed by atoms with E-state index in [1.165, 1.54) is 31.7 Å². The zero-order valence-electron chi connectivity index (χ0n) is 11.3. The van der Waals surface area contributed by atoms with E-state index < -0.39 is 0 Å². The summed E-state index contributed by atoms with van der Waals surface area (Å²) in [6.07, 6.45) is 7.10. The Balaban J connectivity index is 2.05. The Labute approximate surface area is 109 Å². The van der Waals surface area contributed by atoms with Gasteiger partial charge in [0.1, 0.15) is 11.6 Å². The van der Waals surface area contributed by atoms with E-state index in [2.05, 4.69) is 0 Å². The highest BCUT2D eigenvalue weighted by atomic mass is 19.1. The van der Waals surface area contributed by atoms with E-state index >= 15 is 0 Å². The molecule has 2 N–H and O–H groups in total. The molecule has 0 saturated heterocycles. The summed E-state index contributed by atoms with van der Waals surface area (Å²) in [6, 6.07) is 4.89. The van der Waals surface area contributed by atoms with Crippen molar-refractivity contribution in [1.29, 1.82) is 0 Å². The van der Waals surface area contributed by atoms with Gasteiger partial charge in [-0.2, -0.15) is 0 Å². The number of nitrogens with two attached hydrogens (primary N) is 1. The van der Waals surface area contributed by atoms with Crippen LogP contribution in [0, 0.1) is 12.7 Å². The van der Waals surface area contributed by atoms with E-state index in [-0.39, 0.29) is 5.82 Å². The summed E-state index contributed by atoms with van der Waals surface area (Å²) in [4.78, 5) is 0. The zero-order valence-corrected chi connectivity index (χ0v) is 11.3. The van der Waals surface area contributed by atoms with Gasteiger partial charge in [-0.3, -0.25) is 0 Å². The number of benzene rings is 1. The minimum Gasteiger partial charge on any atom is -0.494 e. The van der Waals surface area contributed by atoms with Gasteiger partial charge in [-0.25, -0.2) is 4.39 Å². The highest BCUT2D eigenvalue weighted by molar-refractivity contribution is 5.28. The van der Waals surface area contributed by atoms with Crippen LogP contribution in [0.1, 0.15) is 44.1 Å². The van der Waals surface area contributed by atoms with E-state index in [0.717, 1.165) is 25.1 Å². The first-order valence-electron chi connectivity index (χ1n) is 6.83. The molecule has 0 saturated carbocycles. The van der Waals surface area contributed by atoms with Crippen LogP contribution in [0.5, 0.6) is 5.75 Å². The lowest BCUT2D eigenvalue weighted by atomic mass is 10.1. The molecule has 3 heteroatoms. The molecule has 102 valence electrons. The van der Waals surface area contributed by atoms with Crippen LogP contribution in [0.25, 0.3) is 0 Å². The fourth-order valence-corrected chi connectivity index (χ4v) is 1.85. The predicted molar refractivity (Wildman–Crippen MR) is 73.4 cm³/mol. The van der Waals surface area contributed by atoms with Gasteiger partial charge >= 0.3 is 0 Å². The summed E-state index contributed by atoms with van der Waals surface area (Å²) in [5, 5.41) is 0. The second-order valence-electron chi connectivity index (χ2n) is 4.67. The lowest BCUT2D eigenvalue weighted by molar-refractivity contribution is 0.303. The van der Waals surface area contributed by atoms with Crippen LogP contribution in [-0.2, 0) is 0 Å². The molecule has 0 unspecified atom stereocenters. The minimum absolute atomic E-state index is 0.178. The maximum atomic E-state index is 13.0. The molecule has 0 fully saturated rings. The van der Waals surface area contributed by atoms with Crippen molar-refractivity contribution in [2.45, 2.75) is 45.4 Å². The van der Waals surface area contributed by atoms with Gasteiger partial charge < -0.3 is 10.5 Å². The van der Waals surface area contributed by atoms with Crippen molar-refractivity contribution in [2.24, 2.45) is 5.73 Å². The molecule has 0 aliphatic rings. The average molecular weight is 253 g/mol. The minimum atomic E-state index is -0.178. The van der Waals surface area contributed by atoms with Crippen molar-refractivity contribution in [3.05, 3.63) is 29.6 Å². The average Bonchev–Trinajstić information content (AvgIpc) is 2.37. The number of aryl methyl sites for hydroxylation is 1. The second-order valence-corrected chi connectivity index (χ2v) is 4.67. The van der Waals surface area contributed by atoms with Gasteiger partial charge in [-0.1, -0.05) is 25.7 Å². The Kier molecular flexibility index (Phi) is 7.42. The topological polar surface area (TPSA) is 35.2 Å². The molecular weight excluding hydrogens is 229 g/mol. The monoisotopic (exact) mass is 253 g/mol. The molecule has 0 aliphatic carbocycles. The van der Waals surface area contributed by atoms with Gasteiger partial charge in [0.05, 0.1) is 6.61 Å². The van der Waals surface area contributed by atoms with Crippen molar-refractivity contribution < 1.29 is 9.13 Å². The SMILES string of the molecule is Cc1cc(OCCCCCCCCN)ccc1F. The molecule has 1 aromatic rings. The molecule has 18 heavy (non-hydrogen) atoms. The van der Waals surface area contributed by atoms with Gasteiger partial charge in [0.2, 0.25) is 0 Å². The fraction of sp³-hybridized carbons (Fsp3) is 0.600. The number of unbranched alkanes of at least 4 members (excludes halogenated alkanes) is 5. The molecule has 0 aliphatic heterocycles. The third-order valence-corrected chi connectivity index (χ3v) is 3.00. The second kappa shape index (κ2) is 8.92. The molecule has 0 radical (unpaired) electrons. The first kappa shape index (κ1) is 15.0. The van der Waals surface area contributed by atoms with Crippen LogP contribution in [-0.4, -0.2) is 13.2 Å². The van der Waals surface area contributed by atoms with Crippen molar-refractivity contribution in [2.75, 3.05) is 13.2 Å². The molecule has 0 atom stereocenters. The van der Waals surface area contributed by atoms with Gasteiger partial charge in [0.15, 0.2) is 0 Å². The number of ether oxygens (including phenoxy) is 1. The van der Waals surface area contributed by atoms with E-state index in [1.54, 1.807) is 19.1 Å². The highest BCUT2D eigenvalue weighted by Gasteiger charge is 1.99. The lowest BCUT2D eigenvalue weighted by Gasteiger charge is -2.07. The number of rotatable bonds is 9. The normalized spacial score (nSPS) is 10.6. The summed E-state index contributed by atoms with van der Waals surface area (Å²) >= 11 is 0. The van der Waals surface area contributed by atoms with Gasteiger partial charge in [0.25, 0.3) is 0 Å². The molecule has 0 amide bonds. The summed E-state index contributed by atoms with van der Waals surface area (Å²) in [6.45, 7) is 3.26. The maximum Gasteiger partial charge on any atom is 0.126 e. The quantitative estimate of drug-likeness (QED) is 0.679. The number of halogens is 1. The highest BCUT2D eigenvalue weighted by Crippen LogP contribution is 2.16. The van der Waals surface area contributed by atoms with E-state index in [1.807, 2.05) is 0 Å². The molecule has 1 rings (SSSR count). The Morgan fingerprint density at radius 2 is 1.72 bits per heavy atom. The van der Waals surface area contributed by atoms with E-state index in [4.69, 9.17) is 10.5 Å². The van der Waals surface area contributed by atoms with Crippen LogP contribution < -0.4 is 10.5 Å². The molecule has 0 bridgehead atoms. The van der Waals surface area contributed by atoms with Crippen molar-refractivity contribution >= 4 is 0 Å². The van der Waals surface area contributed by atoms with Crippen LogP contribution >= 0.6 is 0 Å². The predicted octanol–water partition coefficient (Wildman–Crippen LogP) is 3.81. The lowest BCUT2D eigenvalue weighted by Crippen LogP contribution is -1.99. The van der Waals surface area contributed by atoms with Crippen molar-refractivity contribution in [3.63, 3.8) is 0 Å². The number of hydrogen-bond acceptors (Lipinski definition) is 2. The van der Waals surface area contributed by atoms with Crippen molar-refractivity contribution in [3.8, 4) is 5.75 Å². The van der Waals surface area contributed by atoms with E-state index in [9.17, 15) is 4.39 Å². The summed E-state index contributed by atoms with van der Waals surface area (Å²) in [5.41, 5.74) is 6.07. The van der Waals surface area contributed by atoms with Crippen molar-refractivity contribution in [1.82, 2.24) is 0 Å². The molecule has 0 spiro atoms. The third kappa shape index (κ3) is 6.01. The Hall–Kier alpha value is -1.09. The summed E-state index contributed by atoms with van der Waals surface area (Å²) in [5.74, 6) is 0.583. The first-order valence-corrected chi connectivity index (χ1v) is 6.83. The smallest absolute Gasteiger partial charge is 0.126 e. The molecule has 0 heterocycles. The van der Waals surface area contributed by atoms with Gasteiger partial charge in [-0.15, -0.1) is 0 Å². The third-order valence-electron chi connectivity index (χ3n) is 3.00. The summed E-state index contributed by atoms with van der Waals surface area (Å²) in [7, 11) is 0. The van der Waals surface area contributed by atoms with Crippen LogP contribution in [0.15, 0.2) is 18.2 Å². The molecule has 0 aromatic heterocycles. The Morgan fingerprint density at radius 3 is 2.39 bits per heavy atom. The summed E-state index contributed by atoms with van der Waals surface area (Å²) < 4.78 is 18.6. The zero-order chi connectivity index (χ0) is 13.2. The van der Waals surface area contributed by atoms with Crippen LogP contribution in [0.3, 0.4) is 0 Å². The van der Waals surface area contributed by atoms with E-state index in [0.29, 0.717) is 12.2 Å². The Bertz CT molecular complexity index is 341. The molecule has 1 aromatic carbocycles. The first-order chi connectivity index (χ1) is 8.74. The molecule has 2 nitrogen and oxygen atoms in total.